The van der Waals surface area contributed by atoms with Crippen LogP contribution in [-0.4, -0.2) is 77.8 Å². The number of aliphatic carboxylic acids is 1. The third-order valence-electron chi connectivity index (χ3n) is 5.61. The van der Waals surface area contributed by atoms with Gasteiger partial charge in [0.1, 0.15) is 22.1 Å². The Morgan fingerprint density at radius 1 is 1.31 bits per heavy atom. The minimum Gasteiger partial charge on any atom is -0.477 e. The van der Waals surface area contributed by atoms with Crippen LogP contribution >= 0.6 is 34.9 Å². The molecule has 0 saturated carbocycles. The molecule has 2 aromatic rings. The Balaban J connectivity index is 1.47. The Hall–Kier alpha value is -2.78. The smallest absolute Gasteiger partial charge is 0.352 e. The molecule has 1 aromatic heterocycles. The van der Waals surface area contributed by atoms with Crippen LogP contribution in [0.15, 0.2) is 39.9 Å². The van der Waals surface area contributed by atoms with Gasteiger partial charge in [-0.25, -0.2) is 4.79 Å². The number of nitrogens with two attached hydrogens (primary N) is 1. The third kappa shape index (κ3) is 5.04. The van der Waals surface area contributed by atoms with Crippen molar-refractivity contribution in [2.75, 3.05) is 11.5 Å². The number of β-lactam (4-membered cyclic amide) rings is 1. The van der Waals surface area contributed by atoms with Gasteiger partial charge in [0.05, 0.1) is 6.04 Å². The molecular weight excluding hydrogens is 526 g/mol. The topological polar surface area (TPSA) is 176 Å². The summed E-state index contributed by atoms with van der Waals surface area (Å²) in [6.45, 7) is 3.33. The van der Waals surface area contributed by atoms with Crippen LogP contribution in [0.2, 0.25) is 0 Å². The van der Waals surface area contributed by atoms with E-state index in [0.29, 0.717) is 21.4 Å². The van der Waals surface area contributed by atoms with Gasteiger partial charge in [-0.3, -0.25) is 19.3 Å². The molecule has 2 aliphatic heterocycles. The summed E-state index contributed by atoms with van der Waals surface area (Å²) in [4.78, 5) is 51.3. The number of carbonyl (C=O) groups is 4. The van der Waals surface area contributed by atoms with Gasteiger partial charge in [-0.2, -0.15) is 0 Å². The van der Waals surface area contributed by atoms with Crippen molar-refractivity contribution < 1.29 is 29.4 Å². The zero-order valence-electron chi connectivity index (χ0n) is 19.2. The Morgan fingerprint density at radius 2 is 2.03 bits per heavy atom. The van der Waals surface area contributed by atoms with E-state index in [0.717, 1.165) is 5.01 Å². The lowest BCUT2D eigenvalue weighted by atomic mass is 9.95. The number of hydrogen-bond donors (Lipinski definition) is 4. The molecule has 2 aliphatic rings. The van der Waals surface area contributed by atoms with Crippen LogP contribution in [0.3, 0.4) is 0 Å². The number of carboxylic acid groups (broad SMARTS) is 1. The number of benzene rings is 1. The maximum absolute atomic E-state index is 12.9. The van der Waals surface area contributed by atoms with E-state index in [2.05, 4.69) is 15.5 Å². The molecule has 1 fully saturated rings. The average molecular weight is 550 g/mol. The van der Waals surface area contributed by atoms with Gasteiger partial charge in [0.2, 0.25) is 0 Å². The number of Topliss-reactive ketones (excluding diaryl/α,β-unsaturated/α-hetero) is 1. The summed E-state index contributed by atoms with van der Waals surface area (Å²) in [5.41, 5.74) is 6.34. The summed E-state index contributed by atoms with van der Waals surface area (Å²) in [5, 5.41) is 31.1. The second-order valence-corrected chi connectivity index (χ2v) is 11.7. The zero-order valence-corrected chi connectivity index (χ0v) is 21.7. The Morgan fingerprint density at radius 3 is 2.67 bits per heavy atom. The summed E-state index contributed by atoms with van der Waals surface area (Å²) in [6, 6.07) is 4.24. The van der Waals surface area contributed by atoms with Crippen LogP contribution in [0.1, 0.15) is 34.0 Å². The van der Waals surface area contributed by atoms with Crippen molar-refractivity contribution in [2.45, 2.75) is 41.7 Å². The summed E-state index contributed by atoms with van der Waals surface area (Å²) in [6.07, 6.45) is -1.71. The van der Waals surface area contributed by atoms with Crippen molar-refractivity contribution in [1.29, 1.82) is 0 Å². The molecule has 0 aliphatic carbocycles. The van der Waals surface area contributed by atoms with E-state index in [1.165, 1.54) is 58.8 Å². The first kappa shape index (κ1) is 26.3. The van der Waals surface area contributed by atoms with Crippen LogP contribution in [-0.2, 0) is 14.4 Å². The van der Waals surface area contributed by atoms with Gasteiger partial charge in [-0.05, 0) is 19.4 Å². The number of nitrogens with zero attached hydrogens (tertiary/aromatic N) is 3. The Bertz CT molecular complexity index is 1260. The predicted octanol–water partition coefficient (Wildman–Crippen LogP) is 0.941. The van der Waals surface area contributed by atoms with Crippen LogP contribution in [0.5, 0.6) is 0 Å². The highest BCUT2D eigenvalue weighted by molar-refractivity contribution is 8.01. The Labute approximate surface area is 218 Å². The number of nitrogens with one attached hydrogen (secondary N) is 1. The maximum atomic E-state index is 12.9. The number of aromatic nitrogens is 2. The first-order valence-corrected chi connectivity index (χ1v) is 13.6. The number of carbonyl (C=O) groups excluding carboxylic acids is 3. The van der Waals surface area contributed by atoms with Crippen LogP contribution < -0.4 is 11.1 Å². The Kier molecular flexibility index (Phi) is 7.80. The molecule has 1 aromatic carbocycles. The van der Waals surface area contributed by atoms with Gasteiger partial charge < -0.3 is 21.3 Å². The largest absolute Gasteiger partial charge is 0.477 e. The highest BCUT2D eigenvalue weighted by Crippen LogP contribution is 2.42. The normalized spacial score (nSPS) is 20.9. The number of fused-ring (bicyclic) bond motifs is 1. The number of aliphatic hydroxyl groups excluding tert-OH is 1. The monoisotopic (exact) mass is 549 g/mol. The average Bonchev–Trinajstić information content (AvgIpc) is 3.28. The van der Waals surface area contributed by atoms with E-state index in [1.54, 1.807) is 12.1 Å². The minimum atomic E-state index is -1.71. The lowest BCUT2D eigenvalue weighted by Crippen LogP contribution is -2.70. The molecule has 5 N–H and O–H groups in total. The van der Waals surface area contributed by atoms with E-state index < -0.39 is 47.1 Å². The fraction of sp³-hybridized carbons (Fsp3) is 0.364. The van der Waals surface area contributed by atoms with E-state index >= 15 is 0 Å². The van der Waals surface area contributed by atoms with Crippen molar-refractivity contribution in [1.82, 2.24) is 20.4 Å². The summed E-state index contributed by atoms with van der Waals surface area (Å²) >= 11 is 4.07. The number of amides is 2. The molecule has 4 rings (SSSR count). The number of aliphatic hydroxyl groups is 1. The van der Waals surface area contributed by atoms with Gasteiger partial charge in [-0.15, -0.1) is 22.0 Å². The van der Waals surface area contributed by atoms with Crippen molar-refractivity contribution >= 4 is 58.4 Å². The van der Waals surface area contributed by atoms with Crippen LogP contribution in [0.4, 0.5) is 0 Å². The standard InChI is InChI=1S/C22H23N5O6S3/c1-9(23)16(28)12-5-3-4-6-13(12)17(29)18(30)24-14-19(31)27-15(21(32)33)11(7-34-20(14)27)8-35-22-26-25-10(2)36-22/h3-6,9,14,17,20,29H,7-8,23H2,1-2H3,(H,24,30)(H,32,33)/t9-,14?,17?,20-/m0/s1. The lowest BCUT2D eigenvalue weighted by molar-refractivity contribution is -0.151. The highest BCUT2D eigenvalue weighted by atomic mass is 32.2. The maximum Gasteiger partial charge on any atom is 0.352 e. The molecule has 0 radical (unpaired) electrons. The minimum absolute atomic E-state index is 0.0783. The molecule has 0 spiro atoms. The predicted molar refractivity (Wildman–Crippen MR) is 134 cm³/mol. The van der Waals surface area contributed by atoms with Crippen molar-refractivity contribution in [3.63, 3.8) is 0 Å². The zero-order chi connectivity index (χ0) is 26.1. The van der Waals surface area contributed by atoms with E-state index in [1.807, 2.05) is 6.92 Å². The molecule has 4 atom stereocenters. The molecule has 2 amide bonds. The van der Waals surface area contributed by atoms with E-state index in [9.17, 15) is 29.4 Å². The van der Waals surface area contributed by atoms with E-state index in [4.69, 9.17) is 5.73 Å². The summed E-state index contributed by atoms with van der Waals surface area (Å²) < 4.78 is 0.703. The molecule has 2 unspecified atom stereocenters. The molecule has 3 heterocycles. The molecule has 0 bridgehead atoms. The second-order valence-electron chi connectivity index (χ2n) is 8.17. The number of hydrogen-bond acceptors (Lipinski definition) is 11. The second kappa shape index (κ2) is 10.7. The van der Waals surface area contributed by atoms with Gasteiger partial charge >= 0.3 is 5.97 Å². The number of aryl methyl sites for hydroxylation is 1. The molecular formula is C22H23N5O6S3. The van der Waals surface area contributed by atoms with Crippen LogP contribution in [0, 0.1) is 6.92 Å². The molecule has 190 valence electrons. The molecule has 11 nitrogen and oxygen atoms in total. The molecule has 1 saturated heterocycles. The number of thioether (sulfide) groups is 2. The highest BCUT2D eigenvalue weighted by Gasteiger charge is 2.54. The molecule has 36 heavy (non-hydrogen) atoms. The summed E-state index contributed by atoms with van der Waals surface area (Å²) in [5.74, 6) is -2.43. The number of carboxylic acids is 1. The first-order valence-electron chi connectivity index (χ1n) is 10.8. The van der Waals surface area contributed by atoms with Crippen LogP contribution in [0.25, 0.3) is 0 Å². The van der Waals surface area contributed by atoms with Gasteiger partial charge in [0.15, 0.2) is 16.2 Å². The summed E-state index contributed by atoms with van der Waals surface area (Å²) in [7, 11) is 0. The quantitative estimate of drug-likeness (QED) is 0.199. The van der Waals surface area contributed by atoms with Gasteiger partial charge in [-0.1, -0.05) is 47.4 Å². The SMILES string of the molecule is Cc1nnc(SCC2=C(C(=O)O)N3C(=O)C(NC(=O)C(O)c4ccccc4C(=O)[C@H](C)N)[C@@H]3SC2)s1. The fourth-order valence-electron chi connectivity index (χ4n) is 3.86. The fourth-order valence-corrected chi connectivity index (χ4v) is 7.16. The first-order chi connectivity index (χ1) is 17.1. The van der Waals surface area contributed by atoms with Crippen molar-refractivity contribution in [3.05, 3.63) is 51.7 Å². The number of rotatable bonds is 9. The van der Waals surface area contributed by atoms with E-state index in [-0.39, 0.29) is 16.8 Å². The molecule has 14 heteroatoms. The number of ketones is 1. The van der Waals surface area contributed by atoms with Gasteiger partial charge in [0.25, 0.3) is 11.8 Å². The van der Waals surface area contributed by atoms with Crippen molar-refractivity contribution in [2.24, 2.45) is 5.73 Å². The lowest BCUT2D eigenvalue weighted by Gasteiger charge is -2.49. The van der Waals surface area contributed by atoms with Gasteiger partial charge in [0, 0.05) is 22.6 Å². The van der Waals surface area contributed by atoms with Crippen molar-refractivity contribution in [3.8, 4) is 0 Å². The third-order valence-corrected chi connectivity index (χ3v) is 9.01.